The molecule has 0 aliphatic heterocycles. The topological polar surface area (TPSA) is 86.2 Å². The van der Waals surface area contributed by atoms with Gasteiger partial charge in [-0.3, -0.25) is 4.79 Å². The predicted octanol–water partition coefficient (Wildman–Crippen LogP) is 4.51. The number of hydrogen-bond acceptors (Lipinski definition) is 6. The number of methoxy groups -OCH3 is 1. The molecular formula is C24H21BrN2O5. The number of nitrogens with zero attached hydrogens (tertiary/aromatic N) is 1. The van der Waals surface area contributed by atoms with Gasteiger partial charge in [-0.2, -0.15) is 5.10 Å². The molecule has 1 amide bonds. The molecule has 8 heteroatoms. The Hall–Kier alpha value is -3.65. The van der Waals surface area contributed by atoms with Crippen LogP contribution in [0, 0.1) is 6.92 Å². The van der Waals surface area contributed by atoms with Gasteiger partial charge in [0, 0.05) is 10.0 Å². The second-order valence-corrected chi connectivity index (χ2v) is 7.59. The molecule has 3 aromatic rings. The van der Waals surface area contributed by atoms with Gasteiger partial charge in [-0.15, -0.1) is 0 Å². The maximum atomic E-state index is 12.5. The van der Waals surface area contributed by atoms with Crippen LogP contribution in [0.3, 0.4) is 0 Å². The molecule has 0 fully saturated rings. The zero-order chi connectivity index (χ0) is 22.9. The van der Waals surface area contributed by atoms with E-state index in [1.807, 2.05) is 13.0 Å². The third kappa shape index (κ3) is 6.42. The molecule has 3 aromatic carbocycles. The third-order valence-electron chi connectivity index (χ3n) is 4.25. The van der Waals surface area contributed by atoms with Crippen molar-refractivity contribution in [1.29, 1.82) is 0 Å². The Morgan fingerprint density at radius 1 is 1.00 bits per heavy atom. The normalized spacial score (nSPS) is 10.6. The van der Waals surface area contributed by atoms with E-state index in [-0.39, 0.29) is 6.61 Å². The first-order valence-corrected chi connectivity index (χ1v) is 10.4. The molecule has 0 aliphatic carbocycles. The molecular weight excluding hydrogens is 476 g/mol. The van der Waals surface area contributed by atoms with Gasteiger partial charge in [0.2, 0.25) is 0 Å². The van der Waals surface area contributed by atoms with Gasteiger partial charge in [-0.05, 0) is 49.4 Å². The summed E-state index contributed by atoms with van der Waals surface area (Å²) in [6.45, 7) is 1.65. The smallest absolute Gasteiger partial charge is 0.343 e. The van der Waals surface area contributed by atoms with Gasteiger partial charge in [0.1, 0.15) is 5.75 Å². The van der Waals surface area contributed by atoms with Crippen LogP contribution in [0.1, 0.15) is 21.5 Å². The Kier molecular flexibility index (Phi) is 7.99. The molecule has 32 heavy (non-hydrogen) atoms. The van der Waals surface area contributed by atoms with Crippen molar-refractivity contribution in [3.8, 4) is 17.2 Å². The van der Waals surface area contributed by atoms with Gasteiger partial charge in [0.15, 0.2) is 18.1 Å². The zero-order valence-electron chi connectivity index (χ0n) is 17.5. The Bertz CT molecular complexity index is 1150. The number of aryl methyl sites for hydroxylation is 1. The summed E-state index contributed by atoms with van der Waals surface area (Å²) in [4.78, 5) is 24.6. The summed E-state index contributed by atoms with van der Waals surface area (Å²) in [6, 6.07) is 19.2. The minimum Gasteiger partial charge on any atom is -0.493 e. The Balaban J connectivity index is 1.63. The maximum absolute atomic E-state index is 12.5. The van der Waals surface area contributed by atoms with Crippen LogP contribution < -0.4 is 19.6 Å². The molecule has 0 aromatic heterocycles. The van der Waals surface area contributed by atoms with Crippen molar-refractivity contribution in [2.75, 3.05) is 13.7 Å². The summed E-state index contributed by atoms with van der Waals surface area (Å²) in [7, 11) is 1.52. The van der Waals surface area contributed by atoms with Gasteiger partial charge in [-0.25, -0.2) is 10.2 Å². The van der Waals surface area contributed by atoms with Crippen LogP contribution in [0.4, 0.5) is 0 Å². The van der Waals surface area contributed by atoms with Crippen molar-refractivity contribution in [1.82, 2.24) is 5.43 Å². The van der Waals surface area contributed by atoms with Crippen LogP contribution in [0.2, 0.25) is 0 Å². The molecule has 0 saturated heterocycles. The average molecular weight is 497 g/mol. The number of rotatable bonds is 8. The standard InChI is InChI=1S/C24H21BrN2O5/c1-16-6-5-7-17(12-16)24(29)32-20-11-10-19(25)13-18(20)14-26-27-23(28)15-31-22-9-4-3-8-21(22)30-2/h3-14H,15H2,1-2H3,(H,27,28). The number of carbonyl (C=O) groups excluding carboxylic acids is 2. The third-order valence-corrected chi connectivity index (χ3v) is 4.74. The van der Waals surface area contributed by atoms with E-state index in [2.05, 4.69) is 26.5 Å². The van der Waals surface area contributed by atoms with E-state index in [9.17, 15) is 9.59 Å². The molecule has 164 valence electrons. The lowest BCUT2D eigenvalue weighted by atomic mass is 10.1. The number of esters is 1. The van der Waals surface area contributed by atoms with Crippen molar-refractivity contribution in [2.45, 2.75) is 6.92 Å². The molecule has 0 heterocycles. The number of nitrogens with one attached hydrogen (secondary N) is 1. The van der Waals surface area contributed by atoms with Crippen LogP contribution >= 0.6 is 15.9 Å². The molecule has 0 spiro atoms. The number of para-hydroxylation sites is 2. The molecule has 0 atom stereocenters. The summed E-state index contributed by atoms with van der Waals surface area (Å²) in [5.74, 6) is 0.341. The lowest BCUT2D eigenvalue weighted by Crippen LogP contribution is -2.24. The predicted molar refractivity (Wildman–Crippen MR) is 125 cm³/mol. The highest BCUT2D eigenvalue weighted by Gasteiger charge is 2.12. The van der Waals surface area contributed by atoms with E-state index >= 15 is 0 Å². The van der Waals surface area contributed by atoms with Crippen LogP contribution in [0.25, 0.3) is 0 Å². The molecule has 3 rings (SSSR count). The van der Waals surface area contributed by atoms with Crippen molar-refractivity contribution >= 4 is 34.0 Å². The summed E-state index contributed by atoms with van der Waals surface area (Å²) in [5, 5.41) is 3.94. The van der Waals surface area contributed by atoms with Crippen molar-refractivity contribution in [3.63, 3.8) is 0 Å². The second kappa shape index (κ2) is 11.1. The zero-order valence-corrected chi connectivity index (χ0v) is 19.1. The molecule has 0 radical (unpaired) electrons. The first-order valence-electron chi connectivity index (χ1n) is 9.62. The highest BCUT2D eigenvalue weighted by atomic mass is 79.9. The number of amides is 1. The van der Waals surface area contributed by atoms with E-state index in [0.29, 0.717) is 28.4 Å². The Morgan fingerprint density at radius 3 is 2.53 bits per heavy atom. The fourth-order valence-corrected chi connectivity index (χ4v) is 3.11. The van der Waals surface area contributed by atoms with Crippen LogP contribution in [-0.4, -0.2) is 31.8 Å². The van der Waals surface area contributed by atoms with E-state index in [4.69, 9.17) is 14.2 Å². The molecule has 0 unspecified atom stereocenters. The van der Waals surface area contributed by atoms with Crippen molar-refractivity contribution in [3.05, 3.63) is 87.9 Å². The van der Waals surface area contributed by atoms with E-state index in [0.717, 1.165) is 10.0 Å². The summed E-state index contributed by atoms with van der Waals surface area (Å²) < 4.78 is 16.9. The van der Waals surface area contributed by atoms with Gasteiger partial charge < -0.3 is 14.2 Å². The highest BCUT2D eigenvalue weighted by molar-refractivity contribution is 9.10. The van der Waals surface area contributed by atoms with Gasteiger partial charge in [-0.1, -0.05) is 45.8 Å². The number of benzene rings is 3. The largest absolute Gasteiger partial charge is 0.493 e. The number of hydrogen-bond donors (Lipinski definition) is 1. The van der Waals surface area contributed by atoms with E-state index in [1.165, 1.54) is 13.3 Å². The highest BCUT2D eigenvalue weighted by Crippen LogP contribution is 2.25. The minimum absolute atomic E-state index is 0.245. The Morgan fingerprint density at radius 2 is 1.78 bits per heavy atom. The first kappa shape index (κ1) is 23.0. The van der Waals surface area contributed by atoms with E-state index < -0.39 is 11.9 Å². The monoisotopic (exact) mass is 496 g/mol. The molecule has 0 bridgehead atoms. The van der Waals surface area contributed by atoms with Gasteiger partial charge >= 0.3 is 5.97 Å². The lowest BCUT2D eigenvalue weighted by molar-refractivity contribution is -0.123. The quantitative estimate of drug-likeness (QED) is 0.214. The van der Waals surface area contributed by atoms with Crippen LogP contribution in [-0.2, 0) is 4.79 Å². The fraction of sp³-hybridized carbons (Fsp3) is 0.125. The van der Waals surface area contributed by atoms with Crippen molar-refractivity contribution < 1.29 is 23.8 Å². The number of ether oxygens (including phenoxy) is 3. The SMILES string of the molecule is COc1ccccc1OCC(=O)NN=Cc1cc(Br)ccc1OC(=O)c1cccc(C)c1. The first-order chi connectivity index (χ1) is 15.5. The second-order valence-electron chi connectivity index (χ2n) is 6.67. The molecule has 0 aliphatic rings. The minimum atomic E-state index is -0.486. The van der Waals surface area contributed by atoms with E-state index in [1.54, 1.807) is 60.7 Å². The number of carbonyl (C=O) groups is 2. The lowest BCUT2D eigenvalue weighted by Gasteiger charge is -2.09. The van der Waals surface area contributed by atoms with Crippen LogP contribution in [0.15, 0.2) is 76.3 Å². The van der Waals surface area contributed by atoms with Crippen LogP contribution in [0.5, 0.6) is 17.2 Å². The number of halogens is 1. The molecule has 1 N–H and O–H groups in total. The summed E-state index contributed by atoms with van der Waals surface area (Å²) in [6.07, 6.45) is 1.39. The molecule has 7 nitrogen and oxygen atoms in total. The fourth-order valence-electron chi connectivity index (χ4n) is 2.73. The summed E-state index contributed by atoms with van der Waals surface area (Å²) in [5.41, 5.74) is 4.29. The van der Waals surface area contributed by atoms with Gasteiger partial charge in [0.05, 0.1) is 18.9 Å². The van der Waals surface area contributed by atoms with Crippen molar-refractivity contribution in [2.24, 2.45) is 5.10 Å². The Labute approximate surface area is 194 Å². The summed E-state index contributed by atoms with van der Waals surface area (Å²) >= 11 is 3.38. The average Bonchev–Trinajstić information content (AvgIpc) is 2.79. The molecule has 0 saturated carbocycles. The van der Waals surface area contributed by atoms with Gasteiger partial charge in [0.25, 0.3) is 5.91 Å². The maximum Gasteiger partial charge on any atom is 0.343 e. The number of hydrazone groups is 1.